The second-order valence-corrected chi connectivity index (χ2v) is 4.66. The molecule has 0 spiro atoms. The topological polar surface area (TPSA) is 64.9 Å². The van der Waals surface area contributed by atoms with Gasteiger partial charge in [0.05, 0.1) is 0 Å². The fraction of sp³-hybridized carbons (Fsp3) is 0.429. The molecule has 4 heteroatoms. The van der Waals surface area contributed by atoms with E-state index >= 15 is 0 Å². The highest BCUT2D eigenvalue weighted by Crippen LogP contribution is 2.22. The van der Waals surface area contributed by atoms with Crippen LogP contribution in [0, 0.1) is 6.92 Å². The summed E-state index contributed by atoms with van der Waals surface area (Å²) in [5.74, 6) is 1.62. The van der Waals surface area contributed by atoms with Crippen LogP contribution in [0.25, 0.3) is 11.4 Å². The van der Waals surface area contributed by atoms with E-state index in [1.54, 1.807) is 0 Å². The Kier molecular flexibility index (Phi) is 4.10. The second-order valence-electron chi connectivity index (χ2n) is 4.66. The average Bonchev–Trinajstić information content (AvgIpc) is 2.85. The fourth-order valence-corrected chi connectivity index (χ4v) is 1.88. The van der Waals surface area contributed by atoms with Gasteiger partial charge >= 0.3 is 0 Å². The Morgan fingerprint density at radius 3 is 2.94 bits per heavy atom. The maximum atomic E-state index is 5.50. The van der Waals surface area contributed by atoms with Crippen molar-refractivity contribution in [2.75, 3.05) is 6.54 Å². The van der Waals surface area contributed by atoms with Crippen LogP contribution in [0.2, 0.25) is 0 Å². The fourth-order valence-electron chi connectivity index (χ4n) is 1.88. The number of nitrogens with zero attached hydrogens (tertiary/aromatic N) is 2. The SMILES string of the molecule is Cc1cccc(-c2noc(C(C)CCCN)n2)c1. The number of rotatable bonds is 5. The van der Waals surface area contributed by atoms with Crippen LogP contribution in [0.15, 0.2) is 28.8 Å². The standard InChI is InChI=1S/C14H19N3O/c1-10-5-3-7-12(9-10)13-16-14(18-17-13)11(2)6-4-8-15/h3,5,7,9,11H,4,6,8,15H2,1-2H3. The summed E-state index contributed by atoms with van der Waals surface area (Å²) in [4.78, 5) is 4.46. The summed E-state index contributed by atoms with van der Waals surface area (Å²) in [6.45, 7) is 4.83. The van der Waals surface area contributed by atoms with Crippen LogP contribution in [0.5, 0.6) is 0 Å². The van der Waals surface area contributed by atoms with Gasteiger partial charge in [0.2, 0.25) is 11.7 Å². The molecule has 0 aliphatic rings. The van der Waals surface area contributed by atoms with Gasteiger partial charge in [0.15, 0.2) is 0 Å². The van der Waals surface area contributed by atoms with E-state index in [0.717, 1.165) is 18.4 Å². The maximum absolute atomic E-state index is 5.50. The lowest BCUT2D eigenvalue weighted by Crippen LogP contribution is -2.02. The highest BCUT2D eigenvalue weighted by Gasteiger charge is 2.14. The summed E-state index contributed by atoms with van der Waals surface area (Å²) < 4.78 is 5.32. The molecular weight excluding hydrogens is 226 g/mol. The van der Waals surface area contributed by atoms with Crippen molar-refractivity contribution in [1.29, 1.82) is 0 Å². The molecule has 1 aromatic heterocycles. The molecule has 0 saturated heterocycles. The molecule has 0 amide bonds. The monoisotopic (exact) mass is 245 g/mol. The molecule has 2 aromatic rings. The molecule has 1 aromatic carbocycles. The molecule has 0 aliphatic carbocycles. The van der Waals surface area contributed by atoms with Gasteiger partial charge in [-0.3, -0.25) is 0 Å². The van der Waals surface area contributed by atoms with Gasteiger partial charge in [0.1, 0.15) is 0 Å². The first kappa shape index (κ1) is 12.8. The Balaban J connectivity index is 2.15. The summed E-state index contributed by atoms with van der Waals surface area (Å²) >= 11 is 0. The lowest BCUT2D eigenvalue weighted by Gasteiger charge is -2.03. The predicted molar refractivity (Wildman–Crippen MR) is 71.2 cm³/mol. The first-order chi connectivity index (χ1) is 8.70. The zero-order chi connectivity index (χ0) is 13.0. The molecule has 0 saturated carbocycles. The van der Waals surface area contributed by atoms with Crippen LogP contribution in [-0.2, 0) is 0 Å². The summed E-state index contributed by atoms with van der Waals surface area (Å²) in [6.07, 6.45) is 1.95. The molecule has 96 valence electrons. The van der Waals surface area contributed by atoms with E-state index in [0.29, 0.717) is 18.3 Å². The molecule has 18 heavy (non-hydrogen) atoms. The lowest BCUT2D eigenvalue weighted by atomic mass is 10.1. The Morgan fingerprint density at radius 1 is 1.39 bits per heavy atom. The molecule has 0 radical (unpaired) electrons. The van der Waals surface area contributed by atoms with E-state index in [4.69, 9.17) is 10.3 Å². The van der Waals surface area contributed by atoms with Crippen molar-refractivity contribution >= 4 is 0 Å². The third-order valence-corrected chi connectivity index (χ3v) is 2.98. The van der Waals surface area contributed by atoms with Crippen LogP contribution in [0.4, 0.5) is 0 Å². The van der Waals surface area contributed by atoms with Crippen LogP contribution in [0.3, 0.4) is 0 Å². The number of nitrogens with two attached hydrogens (primary N) is 1. The van der Waals surface area contributed by atoms with Crippen molar-refractivity contribution in [2.24, 2.45) is 5.73 Å². The summed E-state index contributed by atoms with van der Waals surface area (Å²) in [7, 11) is 0. The minimum atomic E-state index is 0.264. The van der Waals surface area contributed by atoms with Gasteiger partial charge in [-0.2, -0.15) is 4.98 Å². The largest absolute Gasteiger partial charge is 0.339 e. The highest BCUT2D eigenvalue weighted by atomic mass is 16.5. The van der Waals surface area contributed by atoms with Crippen LogP contribution in [-0.4, -0.2) is 16.7 Å². The Hall–Kier alpha value is -1.68. The third kappa shape index (κ3) is 2.96. The van der Waals surface area contributed by atoms with E-state index < -0.39 is 0 Å². The molecule has 2 rings (SSSR count). The van der Waals surface area contributed by atoms with Crippen LogP contribution >= 0.6 is 0 Å². The smallest absolute Gasteiger partial charge is 0.229 e. The van der Waals surface area contributed by atoms with Gasteiger partial charge in [0, 0.05) is 11.5 Å². The maximum Gasteiger partial charge on any atom is 0.229 e. The highest BCUT2D eigenvalue weighted by molar-refractivity contribution is 5.55. The number of aromatic nitrogens is 2. The van der Waals surface area contributed by atoms with Gasteiger partial charge in [-0.1, -0.05) is 35.8 Å². The van der Waals surface area contributed by atoms with Gasteiger partial charge in [-0.15, -0.1) is 0 Å². The molecule has 0 bridgehead atoms. The molecule has 1 unspecified atom stereocenters. The van der Waals surface area contributed by atoms with Gasteiger partial charge in [-0.05, 0) is 32.4 Å². The normalized spacial score (nSPS) is 12.6. The zero-order valence-corrected chi connectivity index (χ0v) is 10.9. The van der Waals surface area contributed by atoms with Crippen molar-refractivity contribution in [1.82, 2.24) is 10.1 Å². The molecule has 0 fully saturated rings. The Morgan fingerprint density at radius 2 is 2.22 bits per heavy atom. The first-order valence-corrected chi connectivity index (χ1v) is 6.31. The van der Waals surface area contributed by atoms with E-state index in [9.17, 15) is 0 Å². The van der Waals surface area contributed by atoms with Gasteiger partial charge in [0.25, 0.3) is 0 Å². The molecule has 1 atom stereocenters. The minimum Gasteiger partial charge on any atom is -0.339 e. The van der Waals surface area contributed by atoms with E-state index in [-0.39, 0.29) is 5.92 Å². The summed E-state index contributed by atoms with van der Waals surface area (Å²) in [6, 6.07) is 8.10. The first-order valence-electron chi connectivity index (χ1n) is 6.31. The summed E-state index contributed by atoms with van der Waals surface area (Å²) in [5, 5.41) is 4.04. The summed E-state index contributed by atoms with van der Waals surface area (Å²) in [5.41, 5.74) is 7.69. The predicted octanol–water partition coefficient (Wildman–Crippen LogP) is 2.89. The molecular formula is C14H19N3O. The quantitative estimate of drug-likeness (QED) is 0.879. The number of hydrogen-bond donors (Lipinski definition) is 1. The Labute approximate surface area is 107 Å². The molecule has 4 nitrogen and oxygen atoms in total. The third-order valence-electron chi connectivity index (χ3n) is 2.98. The second kappa shape index (κ2) is 5.78. The van der Waals surface area contributed by atoms with Crippen LogP contribution < -0.4 is 5.73 Å². The van der Waals surface area contributed by atoms with Gasteiger partial charge < -0.3 is 10.3 Å². The molecule has 0 aliphatic heterocycles. The number of benzene rings is 1. The van der Waals surface area contributed by atoms with Crippen molar-refractivity contribution in [2.45, 2.75) is 32.6 Å². The van der Waals surface area contributed by atoms with E-state index in [2.05, 4.69) is 23.1 Å². The van der Waals surface area contributed by atoms with Gasteiger partial charge in [-0.25, -0.2) is 0 Å². The minimum absolute atomic E-state index is 0.264. The van der Waals surface area contributed by atoms with E-state index in [1.165, 1.54) is 5.56 Å². The van der Waals surface area contributed by atoms with Crippen molar-refractivity contribution < 1.29 is 4.52 Å². The lowest BCUT2D eigenvalue weighted by molar-refractivity contribution is 0.352. The van der Waals surface area contributed by atoms with Crippen molar-refractivity contribution in [3.8, 4) is 11.4 Å². The zero-order valence-electron chi connectivity index (χ0n) is 10.9. The molecule has 1 heterocycles. The number of aryl methyl sites for hydroxylation is 1. The van der Waals surface area contributed by atoms with Crippen molar-refractivity contribution in [3.05, 3.63) is 35.7 Å². The van der Waals surface area contributed by atoms with E-state index in [1.807, 2.05) is 25.1 Å². The average molecular weight is 245 g/mol. The Bertz CT molecular complexity index is 507. The number of hydrogen-bond acceptors (Lipinski definition) is 4. The molecule has 2 N–H and O–H groups in total. The van der Waals surface area contributed by atoms with Crippen LogP contribution in [0.1, 0.15) is 37.1 Å². The van der Waals surface area contributed by atoms with Crippen molar-refractivity contribution in [3.63, 3.8) is 0 Å².